The summed E-state index contributed by atoms with van der Waals surface area (Å²) in [5, 5.41) is 13.8. The summed E-state index contributed by atoms with van der Waals surface area (Å²) in [7, 11) is -4.18. The van der Waals surface area contributed by atoms with Crippen molar-refractivity contribution in [2.75, 3.05) is 29.3 Å². The maximum atomic E-state index is 12.7. The predicted octanol–water partition coefficient (Wildman–Crippen LogP) is 1.33. The fraction of sp³-hybridized carbons (Fsp3) is 0.188. The summed E-state index contributed by atoms with van der Waals surface area (Å²) in [4.78, 5) is 23.3. The molecule has 0 spiro atoms. The van der Waals surface area contributed by atoms with E-state index < -0.39 is 25.5 Å². The van der Waals surface area contributed by atoms with Crippen molar-refractivity contribution in [1.82, 2.24) is 5.32 Å². The van der Waals surface area contributed by atoms with E-state index in [1.165, 1.54) is 18.2 Å². The molecule has 0 bridgehead atoms. The van der Waals surface area contributed by atoms with Gasteiger partial charge in [-0.1, -0.05) is 24.3 Å². The van der Waals surface area contributed by atoms with Crippen LogP contribution in [0.5, 0.6) is 0 Å². The van der Waals surface area contributed by atoms with Gasteiger partial charge in [0.25, 0.3) is 15.7 Å². The molecule has 0 radical (unpaired) electrons. The maximum absolute atomic E-state index is 12.7. The first kappa shape index (κ1) is 17.7. The number of benzene rings is 2. The SMILES string of the molecule is O=C1CN(c2ccccc2NS(=O)(=O)c2ccccc2[N+](=O)[O-])CCN1. The zero-order chi connectivity index (χ0) is 18.7. The number of carbonyl (C=O) groups is 1. The fourth-order valence-corrected chi connectivity index (χ4v) is 3.96. The van der Waals surface area contributed by atoms with E-state index in [4.69, 9.17) is 0 Å². The summed E-state index contributed by atoms with van der Waals surface area (Å²) in [6.45, 7) is 1.07. The van der Waals surface area contributed by atoms with Crippen molar-refractivity contribution >= 4 is 33.0 Å². The molecule has 10 heteroatoms. The van der Waals surface area contributed by atoms with Crippen LogP contribution in [0.15, 0.2) is 53.4 Å². The van der Waals surface area contributed by atoms with Crippen LogP contribution in [-0.4, -0.2) is 38.9 Å². The second-order valence-corrected chi connectivity index (χ2v) is 7.27. The Balaban J connectivity index is 1.97. The molecule has 0 unspecified atom stereocenters. The predicted molar refractivity (Wildman–Crippen MR) is 95.6 cm³/mol. The number of sulfonamides is 1. The summed E-state index contributed by atoms with van der Waals surface area (Å²) in [5.74, 6) is -0.160. The molecular formula is C16H16N4O5S. The van der Waals surface area contributed by atoms with Crippen LogP contribution in [0, 0.1) is 10.1 Å². The molecule has 0 atom stereocenters. The first-order valence-corrected chi connectivity index (χ1v) is 9.24. The Labute approximate surface area is 149 Å². The molecule has 2 aromatic carbocycles. The summed E-state index contributed by atoms with van der Waals surface area (Å²) in [6.07, 6.45) is 0. The van der Waals surface area contributed by atoms with Crippen molar-refractivity contribution in [1.29, 1.82) is 0 Å². The highest BCUT2D eigenvalue weighted by molar-refractivity contribution is 7.92. The van der Waals surface area contributed by atoms with Gasteiger partial charge in [-0.05, 0) is 18.2 Å². The van der Waals surface area contributed by atoms with E-state index in [9.17, 15) is 23.3 Å². The van der Waals surface area contributed by atoms with Gasteiger partial charge in [-0.3, -0.25) is 19.6 Å². The van der Waals surface area contributed by atoms with E-state index in [0.717, 1.165) is 6.07 Å². The average molecular weight is 376 g/mol. The number of hydrogen-bond donors (Lipinski definition) is 2. The molecule has 1 amide bonds. The molecule has 136 valence electrons. The molecule has 1 aliphatic rings. The minimum atomic E-state index is -4.18. The van der Waals surface area contributed by atoms with E-state index in [-0.39, 0.29) is 18.1 Å². The first-order chi connectivity index (χ1) is 12.4. The van der Waals surface area contributed by atoms with Gasteiger partial charge in [-0.25, -0.2) is 8.42 Å². The quantitative estimate of drug-likeness (QED) is 0.600. The highest BCUT2D eigenvalue weighted by Gasteiger charge is 2.27. The lowest BCUT2D eigenvalue weighted by atomic mass is 10.2. The summed E-state index contributed by atoms with van der Waals surface area (Å²) in [5.41, 5.74) is 0.277. The van der Waals surface area contributed by atoms with E-state index >= 15 is 0 Å². The lowest BCUT2D eigenvalue weighted by Gasteiger charge is -2.30. The number of nitro groups is 1. The monoisotopic (exact) mass is 376 g/mol. The van der Waals surface area contributed by atoms with Gasteiger partial charge < -0.3 is 10.2 Å². The molecule has 1 saturated heterocycles. The second-order valence-electron chi connectivity index (χ2n) is 5.62. The Hall–Kier alpha value is -3.14. The number of nitrogens with zero attached hydrogens (tertiary/aromatic N) is 2. The number of carbonyl (C=O) groups excluding carboxylic acids is 1. The van der Waals surface area contributed by atoms with Gasteiger partial charge in [0, 0.05) is 19.2 Å². The van der Waals surface area contributed by atoms with Crippen molar-refractivity contribution in [3.63, 3.8) is 0 Å². The molecule has 26 heavy (non-hydrogen) atoms. The first-order valence-electron chi connectivity index (χ1n) is 7.75. The highest BCUT2D eigenvalue weighted by Crippen LogP contribution is 2.30. The smallest absolute Gasteiger partial charge is 0.289 e. The van der Waals surface area contributed by atoms with Gasteiger partial charge in [0.05, 0.1) is 22.8 Å². The van der Waals surface area contributed by atoms with Crippen LogP contribution in [0.25, 0.3) is 0 Å². The van der Waals surface area contributed by atoms with Crippen LogP contribution in [0.2, 0.25) is 0 Å². The maximum Gasteiger partial charge on any atom is 0.289 e. The van der Waals surface area contributed by atoms with Crippen molar-refractivity contribution in [2.24, 2.45) is 0 Å². The van der Waals surface area contributed by atoms with Crippen LogP contribution in [0.3, 0.4) is 0 Å². The summed E-state index contributed by atoms with van der Waals surface area (Å²) in [6, 6.07) is 11.7. The Morgan fingerprint density at radius 1 is 1.12 bits per heavy atom. The average Bonchev–Trinajstić information content (AvgIpc) is 2.62. The van der Waals surface area contributed by atoms with Gasteiger partial charge in [-0.2, -0.15) is 0 Å². The van der Waals surface area contributed by atoms with E-state index in [1.807, 2.05) is 0 Å². The van der Waals surface area contributed by atoms with E-state index in [2.05, 4.69) is 10.0 Å². The molecule has 2 aromatic rings. The van der Waals surface area contributed by atoms with Crippen LogP contribution in [0.1, 0.15) is 0 Å². The number of nitro benzene ring substituents is 1. The van der Waals surface area contributed by atoms with Gasteiger partial charge >= 0.3 is 0 Å². The number of piperazine rings is 1. The molecule has 3 rings (SSSR count). The summed E-state index contributed by atoms with van der Waals surface area (Å²) < 4.78 is 27.8. The minimum Gasteiger partial charge on any atom is -0.359 e. The Morgan fingerprint density at radius 3 is 2.54 bits per heavy atom. The third-order valence-electron chi connectivity index (χ3n) is 3.88. The Kier molecular flexibility index (Phi) is 4.76. The lowest BCUT2D eigenvalue weighted by Crippen LogP contribution is -2.47. The third kappa shape index (κ3) is 3.59. The van der Waals surface area contributed by atoms with Gasteiger partial charge in [-0.15, -0.1) is 0 Å². The van der Waals surface area contributed by atoms with Crippen LogP contribution in [0.4, 0.5) is 17.1 Å². The topological polar surface area (TPSA) is 122 Å². The molecule has 1 heterocycles. The molecule has 0 aliphatic carbocycles. The van der Waals surface area contributed by atoms with Crippen LogP contribution >= 0.6 is 0 Å². The normalized spacial score (nSPS) is 14.6. The van der Waals surface area contributed by atoms with Crippen LogP contribution in [-0.2, 0) is 14.8 Å². The number of hydrogen-bond acceptors (Lipinski definition) is 6. The third-order valence-corrected chi connectivity index (χ3v) is 5.29. The van der Waals surface area contributed by atoms with Crippen molar-refractivity contribution in [3.05, 3.63) is 58.6 Å². The summed E-state index contributed by atoms with van der Waals surface area (Å²) >= 11 is 0. The highest BCUT2D eigenvalue weighted by atomic mass is 32.2. The molecule has 0 aromatic heterocycles. The van der Waals surface area contributed by atoms with Gasteiger partial charge in [0.15, 0.2) is 4.90 Å². The van der Waals surface area contributed by atoms with Crippen molar-refractivity contribution < 1.29 is 18.1 Å². The van der Waals surface area contributed by atoms with Crippen molar-refractivity contribution in [2.45, 2.75) is 4.90 Å². The zero-order valence-corrected chi connectivity index (χ0v) is 14.4. The largest absolute Gasteiger partial charge is 0.359 e. The van der Waals surface area contributed by atoms with Gasteiger partial charge in [0.2, 0.25) is 5.91 Å². The standard InChI is InChI=1S/C16H16N4O5S/c21-16-11-19(10-9-17-16)13-6-2-1-5-12(13)18-26(24,25)15-8-4-3-7-14(15)20(22)23/h1-8,18H,9-11H2,(H,17,21). The van der Waals surface area contributed by atoms with Crippen molar-refractivity contribution in [3.8, 4) is 0 Å². The van der Waals surface area contributed by atoms with Crippen LogP contribution < -0.4 is 14.9 Å². The number of rotatable bonds is 5. The lowest BCUT2D eigenvalue weighted by molar-refractivity contribution is -0.387. The molecule has 0 saturated carbocycles. The molecule has 2 N–H and O–H groups in total. The number of nitrogens with one attached hydrogen (secondary N) is 2. The molecule has 9 nitrogen and oxygen atoms in total. The number of amides is 1. The number of anilines is 2. The Morgan fingerprint density at radius 2 is 1.81 bits per heavy atom. The fourth-order valence-electron chi connectivity index (χ4n) is 2.71. The molecular weight excluding hydrogens is 360 g/mol. The minimum absolute atomic E-state index is 0.101. The van der Waals surface area contributed by atoms with E-state index in [0.29, 0.717) is 18.8 Å². The zero-order valence-electron chi connectivity index (χ0n) is 13.6. The second kappa shape index (κ2) is 7.00. The molecule has 1 aliphatic heterocycles. The van der Waals surface area contributed by atoms with Gasteiger partial charge in [0.1, 0.15) is 0 Å². The Bertz CT molecular complexity index is 961. The number of para-hydroxylation sites is 3. The van der Waals surface area contributed by atoms with E-state index in [1.54, 1.807) is 29.2 Å². The molecule has 1 fully saturated rings.